The van der Waals surface area contributed by atoms with Crippen LogP contribution in [0, 0.1) is 5.92 Å². The average molecular weight is 401 g/mol. The second-order valence-electron chi connectivity index (χ2n) is 8.19. The molecular formula is C23H36N4O2. The van der Waals surface area contributed by atoms with Crippen LogP contribution in [0.1, 0.15) is 46.0 Å². The molecule has 29 heavy (non-hydrogen) atoms. The molecule has 1 N–H and O–H groups in total. The first kappa shape index (κ1) is 21.5. The third-order valence-corrected chi connectivity index (χ3v) is 5.72. The van der Waals surface area contributed by atoms with E-state index in [4.69, 9.17) is 9.73 Å². The number of amides is 1. The summed E-state index contributed by atoms with van der Waals surface area (Å²) in [5, 5.41) is 3.39. The fourth-order valence-corrected chi connectivity index (χ4v) is 4.13. The van der Waals surface area contributed by atoms with E-state index in [1.54, 1.807) is 0 Å². The molecule has 2 aliphatic rings. The zero-order valence-corrected chi connectivity index (χ0v) is 18.0. The highest BCUT2D eigenvalue weighted by atomic mass is 16.5. The van der Waals surface area contributed by atoms with Crippen LogP contribution in [0.3, 0.4) is 0 Å². The van der Waals surface area contributed by atoms with Gasteiger partial charge in [-0.05, 0) is 37.8 Å². The average Bonchev–Trinajstić information content (AvgIpc) is 2.74. The van der Waals surface area contributed by atoms with E-state index in [1.807, 2.05) is 35.2 Å². The Balaban J connectivity index is 1.46. The molecule has 1 unspecified atom stereocenters. The lowest BCUT2D eigenvalue weighted by molar-refractivity contribution is -0.132. The fraction of sp³-hybridized carbons (Fsp3) is 0.652. The first-order valence-electron chi connectivity index (χ1n) is 11.2. The Hall–Kier alpha value is -2.24. The number of carbonyl (C=O) groups excluding carboxylic acids is 1. The van der Waals surface area contributed by atoms with Gasteiger partial charge in [-0.1, -0.05) is 25.1 Å². The molecule has 0 aromatic heterocycles. The lowest BCUT2D eigenvalue weighted by Gasteiger charge is -2.34. The van der Waals surface area contributed by atoms with Crippen LogP contribution in [-0.4, -0.2) is 67.0 Å². The van der Waals surface area contributed by atoms with Crippen molar-refractivity contribution in [2.45, 2.75) is 52.1 Å². The van der Waals surface area contributed by atoms with E-state index in [0.29, 0.717) is 18.9 Å². The van der Waals surface area contributed by atoms with E-state index in [-0.39, 0.29) is 12.0 Å². The molecule has 0 saturated carbocycles. The minimum Gasteiger partial charge on any atom is -0.490 e. The lowest BCUT2D eigenvalue weighted by Crippen LogP contribution is -2.47. The summed E-state index contributed by atoms with van der Waals surface area (Å²) in [5.41, 5.74) is 0. The molecule has 1 atom stereocenters. The highest BCUT2D eigenvalue weighted by molar-refractivity contribution is 5.81. The van der Waals surface area contributed by atoms with E-state index in [9.17, 15) is 4.79 Å². The predicted octanol–water partition coefficient (Wildman–Crippen LogP) is 3.14. The molecule has 2 fully saturated rings. The Bertz CT molecular complexity index is 656. The number of ether oxygens (including phenoxy) is 1. The van der Waals surface area contributed by atoms with Crippen molar-refractivity contribution >= 4 is 11.9 Å². The number of hydrogen-bond acceptors (Lipinski definition) is 3. The number of nitrogens with zero attached hydrogens (tertiary/aromatic N) is 3. The maximum atomic E-state index is 12.5. The van der Waals surface area contributed by atoms with E-state index in [1.165, 1.54) is 6.42 Å². The molecule has 6 heteroatoms. The van der Waals surface area contributed by atoms with Gasteiger partial charge in [-0.25, -0.2) is 0 Å². The minimum absolute atomic E-state index is 0.242. The van der Waals surface area contributed by atoms with Crippen molar-refractivity contribution in [3.8, 4) is 5.75 Å². The maximum Gasteiger partial charge on any atom is 0.224 e. The van der Waals surface area contributed by atoms with E-state index in [0.717, 1.165) is 63.7 Å². The van der Waals surface area contributed by atoms with Gasteiger partial charge in [0, 0.05) is 52.0 Å². The fourth-order valence-electron chi connectivity index (χ4n) is 4.13. The van der Waals surface area contributed by atoms with Crippen LogP contribution in [-0.2, 0) is 4.79 Å². The minimum atomic E-state index is 0.242. The van der Waals surface area contributed by atoms with Crippen LogP contribution in [0.5, 0.6) is 5.75 Å². The lowest BCUT2D eigenvalue weighted by atomic mass is 10.00. The quantitative estimate of drug-likeness (QED) is 0.589. The van der Waals surface area contributed by atoms with Crippen molar-refractivity contribution in [3.63, 3.8) is 0 Å². The van der Waals surface area contributed by atoms with E-state index in [2.05, 4.69) is 24.1 Å². The van der Waals surface area contributed by atoms with Crippen molar-refractivity contribution in [2.24, 2.45) is 10.9 Å². The van der Waals surface area contributed by atoms with Crippen LogP contribution in [0.15, 0.2) is 35.3 Å². The number of guanidine groups is 1. The topological polar surface area (TPSA) is 57.2 Å². The summed E-state index contributed by atoms with van der Waals surface area (Å²) in [7, 11) is 0. The number of piperidine rings is 2. The number of aliphatic imine (C=N–C) groups is 1. The standard InChI is InChI=1S/C23H36N4O2/c1-3-24-23(25-14-11-22(28)27-15-7-8-19(2)18-27)26-16-12-21(13-17-26)29-20-9-5-4-6-10-20/h4-6,9-10,19,21H,3,7-8,11-18H2,1-2H3,(H,24,25). The number of rotatable bonds is 6. The van der Waals surface area contributed by atoms with Crippen molar-refractivity contribution < 1.29 is 9.53 Å². The normalized spacial score (nSPS) is 21.2. The van der Waals surface area contributed by atoms with Crippen molar-refractivity contribution in [1.29, 1.82) is 0 Å². The second-order valence-corrected chi connectivity index (χ2v) is 8.19. The Labute approximate surface area is 175 Å². The number of para-hydroxylation sites is 1. The molecule has 160 valence electrons. The molecule has 0 aliphatic carbocycles. The number of likely N-dealkylation sites (tertiary alicyclic amines) is 2. The van der Waals surface area contributed by atoms with E-state index < -0.39 is 0 Å². The molecule has 3 rings (SSSR count). The summed E-state index contributed by atoms with van der Waals surface area (Å²) < 4.78 is 6.09. The first-order valence-corrected chi connectivity index (χ1v) is 11.2. The molecule has 2 aliphatic heterocycles. The summed E-state index contributed by atoms with van der Waals surface area (Å²) in [6.45, 7) is 9.33. The van der Waals surface area contributed by atoms with Crippen LogP contribution in [0.2, 0.25) is 0 Å². The Kier molecular flexibility index (Phi) is 8.20. The highest BCUT2D eigenvalue weighted by Gasteiger charge is 2.23. The van der Waals surface area contributed by atoms with Crippen molar-refractivity contribution in [2.75, 3.05) is 39.3 Å². The zero-order chi connectivity index (χ0) is 20.5. The predicted molar refractivity (Wildman–Crippen MR) is 117 cm³/mol. The third-order valence-electron chi connectivity index (χ3n) is 5.72. The number of carbonyl (C=O) groups is 1. The Morgan fingerprint density at radius 1 is 1.14 bits per heavy atom. The molecule has 0 spiro atoms. The summed E-state index contributed by atoms with van der Waals surface area (Å²) in [6, 6.07) is 10.0. The maximum absolute atomic E-state index is 12.5. The van der Waals surface area contributed by atoms with Gasteiger partial charge in [-0.15, -0.1) is 0 Å². The van der Waals surface area contributed by atoms with Gasteiger partial charge in [0.2, 0.25) is 5.91 Å². The monoisotopic (exact) mass is 400 g/mol. The summed E-state index contributed by atoms with van der Waals surface area (Å²) >= 11 is 0. The smallest absolute Gasteiger partial charge is 0.224 e. The van der Waals surface area contributed by atoms with Crippen molar-refractivity contribution in [3.05, 3.63) is 30.3 Å². The molecule has 6 nitrogen and oxygen atoms in total. The Morgan fingerprint density at radius 3 is 2.59 bits per heavy atom. The molecule has 0 radical (unpaired) electrons. The highest BCUT2D eigenvalue weighted by Crippen LogP contribution is 2.19. The van der Waals surface area contributed by atoms with Gasteiger partial charge < -0.3 is 19.9 Å². The van der Waals surface area contributed by atoms with Gasteiger partial charge in [0.15, 0.2) is 5.96 Å². The number of nitrogens with one attached hydrogen (secondary N) is 1. The molecule has 2 heterocycles. The molecule has 1 amide bonds. The zero-order valence-electron chi connectivity index (χ0n) is 18.0. The van der Waals surface area contributed by atoms with Crippen LogP contribution in [0.4, 0.5) is 0 Å². The summed E-state index contributed by atoms with van der Waals surface area (Å²) in [5.74, 6) is 2.72. The van der Waals surface area contributed by atoms with Crippen molar-refractivity contribution in [1.82, 2.24) is 15.1 Å². The van der Waals surface area contributed by atoms with Crippen LogP contribution in [0.25, 0.3) is 0 Å². The number of hydrogen-bond donors (Lipinski definition) is 1. The van der Waals surface area contributed by atoms with Gasteiger partial charge in [-0.3, -0.25) is 9.79 Å². The van der Waals surface area contributed by atoms with Crippen LogP contribution >= 0.6 is 0 Å². The first-order chi connectivity index (χ1) is 14.2. The van der Waals surface area contributed by atoms with Crippen LogP contribution < -0.4 is 10.1 Å². The van der Waals surface area contributed by atoms with Gasteiger partial charge in [0.05, 0.1) is 6.54 Å². The molecule has 1 aromatic rings. The largest absolute Gasteiger partial charge is 0.490 e. The molecular weight excluding hydrogens is 364 g/mol. The summed E-state index contributed by atoms with van der Waals surface area (Å²) in [6.07, 6.45) is 5.05. The molecule has 1 aromatic carbocycles. The van der Waals surface area contributed by atoms with E-state index >= 15 is 0 Å². The third kappa shape index (κ3) is 6.65. The molecule has 0 bridgehead atoms. The second kappa shape index (κ2) is 11.1. The SMILES string of the molecule is CCNC(=NCCC(=O)N1CCCC(C)C1)N1CCC(Oc2ccccc2)CC1. The van der Waals surface area contributed by atoms with Gasteiger partial charge in [-0.2, -0.15) is 0 Å². The molecule has 2 saturated heterocycles. The Morgan fingerprint density at radius 2 is 1.90 bits per heavy atom. The van der Waals surface area contributed by atoms with Gasteiger partial charge >= 0.3 is 0 Å². The number of benzene rings is 1. The summed E-state index contributed by atoms with van der Waals surface area (Å²) in [4.78, 5) is 21.5. The van der Waals surface area contributed by atoms with Gasteiger partial charge in [0.1, 0.15) is 11.9 Å². The van der Waals surface area contributed by atoms with Gasteiger partial charge in [0.25, 0.3) is 0 Å².